The van der Waals surface area contributed by atoms with Crippen LogP contribution in [-0.4, -0.2) is 39.3 Å². The van der Waals surface area contributed by atoms with Crippen LogP contribution in [0.2, 0.25) is 0 Å². The first-order valence-corrected chi connectivity index (χ1v) is 8.05. The van der Waals surface area contributed by atoms with Crippen molar-refractivity contribution in [3.8, 4) is 0 Å². The van der Waals surface area contributed by atoms with Gasteiger partial charge >= 0.3 is 0 Å². The number of hydrogen-bond acceptors (Lipinski definition) is 5. The highest BCUT2D eigenvalue weighted by Crippen LogP contribution is 2.25. The smallest absolute Gasteiger partial charge is 0.202 e. The second kappa shape index (κ2) is 3.96. The van der Waals surface area contributed by atoms with Gasteiger partial charge in [-0.1, -0.05) is 0 Å². The summed E-state index contributed by atoms with van der Waals surface area (Å²) in [6, 6.07) is 0. The average molecular weight is 283 g/mol. The highest BCUT2D eigenvalue weighted by molar-refractivity contribution is 7.91. The minimum Gasteiger partial charge on any atom is -0.369 e. The lowest BCUT2D eigenvalue weighted by Gasteiger charge is -2.11. The van der Waals surface area contributed by atoms with Crippen molar-refractivity contribution in [3.05, 3.63) is 5.69 Å². The van der Waals surface area contributed by atoms with Crippen molar-refractivity contribution < 1.29 is 8.42 Å². The third-order valence-corrected chi connectivity index (χ3v) is 5.52. The summed E-state index contributed by atoms with van der Waals surface area (Å²) >= 11 is 0. The zero-order chi connectivity index (χ0) is 13.8. The van der Waals surface area contributed by atoms with E-state index in [0.717, 1.165) is 16.9 Å². The second-order valence-corrected chi connectivity index (χ2v) is 7.46. The Balaban J connectivity index is 1.99. The first-order chi connectivity index (χ1) is 8.87. The third kappa shape index (κ3) is 1.99. The Morgan fingerprint density at radius 2 is 2.21 bits per heavy atom. The van der Waals surface area contributed by atoms with Gasteiger partial charge in [0.25, 0.3) is 0 Å². The lowest BCUT2D eigenvalue weighted by Crippen LogP contribution is -2.15. The fraction of sp³-hybridized carbons (Fsp3) is 0.636. The molecule has 7 nitrogen and oxygen atoms in total. The van der Waals surface area contributed by atoms with Crippen LogP contribution < -0.4 is 5.73 Å². The summed E-state index contributed by atoms with van der Waals surface area (Å²) in [5.74, 6) is 1.05. The standard InChI is InChI=1S/C11H17N5O2S/c1-7-9-10(15(2)14-7)16(11(12)13-9)5-8-3-4-19(17,18)6-8/h8H,3-6H2,1-2H3,(H2,12,13). The second-order valence-electron chi connectivity index (χ2n) is 5.23. The number of hydrogen-bond donors (Lipinski definition) is 1. The van der Waals surface area contributed by atoms with Gasteiger partial charge in [-0.05, 0) is 19.3 Å². The highest BCUT2D eigenvalue weighted by Gasteiger charge is 2.29. The van der Waals surface area contributed by atoms with E-state index < -0.39 is 9.84 Å². The molecule has 2 aromatic heterocycles. The van der Waals surface area contributed by atoms with Crippen molar-refractivity contribution >= 4 is 26.9 Å². The Labute approximate surface area is 111 Å². The number of imidazole rings is 1. The summed E-state index contributed by atoms with van der Waals surface area (Å²) in [6.07, 6.45) is 0.693. The van der Waals surface area contributed by atoms with Gasteiger partial charge in [0, 0.05) is 13.6 Å². The summed E-state index contributed by atoms with van der Waals surface area (Å²) in [4.78, 5) is 4.32. The van der Waals surface area contributed by atoms with E-state index in [1.54, 1.807) is 4.68 Å². The van der Waals surface area contributed by atoms with E-state index in [0.29, 0.717) is 18.9 Å². The quantitative estimate of drug-likeness (QED) is 0.843. The summed E-state index contributed by atoms with van der Waals surface area (Å²) in [7, 11) is -1.02. The maximum Gasteiger partial charge on any atom is 0.202 e. The molecule has 0 aromatic carbocycles. The molecule has 0 spiro atoms. The Bertz CT molecular complexity index is 743. The molecule has 2 aromatic rings. The monoisotopic (exact) mass is 283 g/mol. The summed E-state index contributed by atoms with van der Waals surface area (Å²) in [5.41, 5.74) is 8.43. The number of nitrogens with two attached hydrogens (primary N) is 1. The van der Waals surface area contributed by atoms with Gasteiger partial charge < -0.3 is 5.73 Å². The van der Waals surface area contributed by atoms with Crippen molar-refractivity contribution in [1.82, 2.24) is 19.3 Å². The Hall–Kier alpha value is -1.57. The van der Waals surface area contributed by atoms with E-state index in [4.69, 9.17) is 5.73 Å². The van der Waals surface area contributed by atoms with Gasteiger partial charge in [0.15, 0.2) is 15.5 Å². The minimum atomic E-state index is -2.87. The maximum atomic E-state index is 11.5. The van der Waals surface area contributed by atoms with Crippen LogP contribution in [-0.2, 0) is 23.4 Å². The van der Waals surface area contributed by atoms with Crippen molar-refractivity contribution in [2.75, 3.05) is 17.2 Å². The zero-order valence-electron chi connectivity index (χ0n) is 11.0. The number of aryl methyl sites for hydroxylation is 2. The summed E-state index contributed by atoms with van der Waals surface area (Å²) < 4.78 is 26.7. The lowest BCUT2D eigenvalue weighted by atomic mass is 10.1. The first-order valence-electron chi connectivity index (χ1n) is 6.23. The van der Waals surface area contributed by atoms with Crippen molar-refractivity contribution in [2.24, 2.45) is 13.0 Å². The van der Waals surface area contributed by atoms with Gasteiger partial charge in [-0.2, -0.15) is 5.10 Å². The predicted molar refractivity (Wildman–Crippen MR) is 72.4 cm³/mol. The van der Waals surface area contributed by atoms with E-state index in [9.17, 15) is 8.42 Å². The fourth-order valence-corrected chi connectivity index (χ4v) is 4.66. The number of aromatic nitrogens is 4. The molecular formula is C11H17N5O2S. The Morgan fingerprint density at radius 3 is 2.84 bits per heavy atom. The van der Waals surface area contributed by atoms with Crippen LogP contribution in [0.15, 0.2) is 0 Å². The van der Waals surface area contributed by atoms with Gasteiger partial charge in [-0.25, -0.2) is 13.4 Å². The number of fused-ring (bicyclic) bond motifs is 1. The minimum absolute atomic E-state index is 0.111. The predicted octanol–water partition coefficient (Wildman–Crippen LogP) is 0.0951. The topological polar surface area (TPSA) is 95.8 Å². The molecule has 0 amide bonds. The van der Waals surface area contributed by atoms with Crippen molar-refractivity contribution in [3.63, 3.8) is 0 Å². The Kier molecular flexibility index (Phi) is 2.60. The molecule has 104 valence electrons. The zero-order valence-corrected chi connectivity index (χ0v) is 11.8. The first kappa shape index (κ1) is 12.5. The van der Waals surface area contributed by atoms with Crippen molar-refractivity contribution in [2.45, 2.75) is 19.9 Å². The molecule has 0 saturated carbocycles. The highest BCUT2D eigenvalue weighted by atomic mass is 32.2. The van der Waals surface area contributed by atoms with Crippen LogP contribution >= 0.6 is 0 Å². The molecule has 1 aliphatic heterocycles. The van der Waals surface area contributed by atoms with E-state index in [2.05, 4.69) is 10.1 Å². The average Bonchev–Trinajstić information content (AvgIpc) is 2.88. The molecular weight excluding hydrogens is 266 g/mol. The SMILES string of the molecule is Cc1nn(C)c2c1nc(N)n2CC1CCS(=O)(=O)C1. The molecule has 1 fully saturated rings. The number of nitrogen functional groups attached to an aromatic ring is 1. The van der Waals surface area contributed by atoms with Crippen LogP contribution in [0.4, 0.5) is 5.95 Å². The van der Waals surface area contributed by atoms with Crippen LogP contribution in [0, 0.1) is 12.8 Å². The molecule has 2 N–H and O–H groups in total. The maximum absolute atomic E-state index is 11.5. The number of rotatable bonds is 2. The summed E-state index contributed by atoms with van der Waals surface area (Å²) in [5, 5.41) is 4.31. The lowest BCUT2D eigenvalue weighted by molar-refractivity contribution is 0.496. The van der Waals surface area contributed by atoms with Gasteiger partial charge in [-0.15, -0.1) is 0 Å². The molecule has 0 radical (unpaired) electrons. The van der Waals surface area contributed by atoms with E-state index in [-0.39, 0.29) is 17.4 Å². The molecule has 3 heterocycles. The van der Waals surface area contributed by atoms with Crippen LogP contribution in [0.1, 0.15) is 12.1 Å². The number of anilines is 1. The fourth-order valence-electron chi connectivity index (χ4n) is 2.81. The van der Waals surface area contributed by atoms with E-state index in [1.807, 2.05) is 18.5 Å². The van der Waals surface area contributed by atoms with Gasteiger partial charge in [0.2, 0.25) is 5.95 Å². The molecule has 8 heteroatoms. The van der Waals surface area contributed by atoms with Crippen LogP contribution in [0.5, 0.6) is 0 Å². The molecule has 3 rings (SSSR count). The van der Waals surface area contributed by atoms with Gasteiger partial charge in [0.05, 0.1) is 17.2 Å². The van der Waals surface area contributed by atoms with E-state index in [1.165, 1.54) is 0 Å². The van der Waals surface area contributed by atoms with E-state index >= 15 is 0 Å². The molecule has 0 bridgehead atoms. The number of nitrogens with zero attached hydrogens (tertiary/aromatic N) is 4. The van der Waals surface area contributed by atoms with Gasteiger partial charge in [-0.3, -0.25) is 9.25 Å². The molecule has 1 saturated heterocycles. The number of sulfone groups is 1. The molecule has 0 aliphatic carbocycles. The van der Waals surface area contributed by atoms with Gasteiger partial charge in [0.1, 0.15) is 5.52 Å². The molecule has 19 heavy (non-hydrogen) atoms. The molecule has 1 unspecified atom stereocenters. The Morgan fingerprint density at radius 1 is 1.47 bits per heavy atom. The van der Waals surface area contributed by atoms with Crippen molar-refractivity contribution in [1.29, 1.82) is 0 Å². The molecule has 1 aliphatic rings. The van der Waals surface area contributed by atoms with Crippen LogP contribution in [0.25, 0.3) is 11.2 Å². The van der Waals surface area contributed by atoms with Crippen LogP contribution in [0.3, 0.4) is 0 Å². The molecule has 1 atom stereocenters. The largest absolute Gasteiger partial charge is 0.369 e. The summed E-state index contributed by atoms with van der Waals surface area (Å²) in [6.45, 7) is 2.47. The normalized spacial score (nSPS) is 22.3. The third-order valence-electron chi connectivity index (χ3n) is 3.69.